The van der Waals surface area contributed by atoms with Gasteiger partial charge in [-0.3, -0.25) is 4.79 Å². The molecular weight excluding hydrogens is 445 g/mol. The number of hydrazone groups is 1. The molecule has 2 heterocycles. The van der Waals surface area contributed by atoms with E-state index in [-0.39, 0.29) is 48.1 Å². The Kier molecular flexibility index (Phi) is 8.68. The number of hydrogen-bond acceptors (Lipinski definition) is 9. The van der Waals surface area contributed by atoms with Crippen molar-refractivity contribution in [3.05, 3.63) is 52.9 Å². The first-order chi connectivity index (χ1) is 16.3. The van der Waals surface area contributed by atoms with Gasteiger partial charge in [0, 0.05) is 19.1 Å². The first kappa shape index (κ1) is 25.3. The average molecular weight is 476 g/mol. The molecule has 0 unspecified atom stereocenters. The van der Waals surface area contributed by atoms with E-state index in [0.29, 0.717) is 24.5 Å². The second kappa shape index (κ2) is 11.7. The van der Waals surface area contributed by atoms with Gasteiger partial charge < -0.3 is 25.6 Å². The number of aliphatic hydroxyl groups is 1. The van der Waals surface area contributed by atoms with E-state index in [9.17, 15) is 14.3 Å². The van der Waals surface area contributed by atoms with Crippen molar-refractivity contribution in [2.45, 2.75) is 32.4 Å². The number of carbonyl (C=O) groups is 1. The monoisotopic (exact) mass is 475 g/mol. The molecule has 6 N–H and O–H groups in total. The van der Waals surface area contributed by atoms with Crippen molar-refractivity contribution < 1.29 is 23.8 Å². The number of nitrogens with one attached hydrogen (secondary N) is 1. The molecule has 11 nitrogen and oxygen atoms in total. The second-order valence-corrected chi connectivity index (χ2v) is 8.03. The summed E-state index contributed by atoms with van der Waals surface area (Å²) in [4.78, 5) is 21.0. The van der Waals surface area contributed by atoms with Gasteiger partial charge in [0.2, 0.25) is 0 Å². The fourth-order valence-corrected chi connectivity index (χ4v) is 3.49. The molecule has 0 radical (unpaired) electrons. The zero-order chi connectivity index (χ0) is 24.7. The van der Waals surface area contributed by atoms with Crippen LogP contribution in [0.3, 0.4) is 0 Å². The van der Waals surface area contributed by atoms with Crippen LogP contribution in [0.15, 0.2) is 29.4 Å². The van der Waals surface area contributed by atoms with Crippen molar-refractivity contribution in [2.75, 3.05) is 26.9 Å². The minimum Gasteiger partial charge on any atom is -0.494 e. The van der Waals surface area contributed by atoms with Gasteiger partial charge in [-0.2, -0.15) is 0 Å². The van der Waals surface area contributed by atoms with Crippen molar-refractivity contribution in [3.8, 4) is 5.75 Å². The van der Waals surface area contributed by atoms with Crippen molar-refractivity contribution >= 4 is 11.7 Å². The standard InChI is InChI=1S/C22H30FN7O4/c1-13-27-18(21(24)29-30(25)10-16-5-3-15(11-31)12-34-16)8-19(28-13)22(32)26-9-14-4-6-17(23)20(7-14)33-2/h4,6-8,15-16,31H,3,5,9-12,25H2,1-2H3,(H2,24,29)(H,26,32)/t15-,16+/m1/s1. The van der Waals surface area contributed by atoms with Gasteiger partial charge in [-0.05, 0) is 43.5 Å². The van der Waals surface area contributed by atoms with Crippen LogP contribution in [0.2, 0.25) is 0 Å². The Hall–Kier alpha value is -3.35. The van der Waals surface area contributed by atoms with Crippen LogP contribution in [0, 0.1) is 18.7 Å². The Balaban J connectivity index is 1.63. The Bertz CT molecular complexity index is 1030. The summed E-state index contributed by atoms with van der Waals surface area (Å²) in [5.41, 5.74) is 7.09. The van der Waals surface area contributed by atoms with Crippen LogP contribution in [0.25, 0.3) is 0 Å². The number of aromatic nitrogens is 2. The molecule has 3 rings (SSSR count). The highest BCUT2D eigenvalue weighted by molar-refractivity contribution is 5.99. The van der Waals surface area contributed by atoms with E-state index >= 15 is 0 Å². The van der Waals surface area contributed by atoms with Gasteiger partial charge in [-0.1, -0.05) is 6.07 Å². The summed E-state index contributed by atoms with van der Waals surface area (Å²) in [6.45, 7) is 2.67. The van der Waals surface area contributed by atoms with Crippen LogP contribution in [-0.4, -0.2) is 64.9 Å². The molecule has 1 aliphatic rings. The van der Waals surface area contributed by atoms with Crippen LogP contribution in [0.4, 0.5) is 4.39 Å². The van der Waals surface area contributed by atoms with E-state index in [1.807, 2.05) is 0 Å². The van der Waals surface area contributed by atoms with Crippen LogP contribution < -0.4 is 21.6 Å². The van der Waals surface area contributed by atoms with E-state index in [2.05, 4.69) is 20.4 Å². The molecule has 1 aromatic heterocycles. The highest BCUT2D eigenvalue weighted by atomic mass is 19.1. The Labute approximate surface area is 196 Å². The zero-order valence-electron chi connectivity index (χ0n) is 19.2. The number of nitrogens with zero attached hydrogens (tertiary/aromatic N) is 4. The zero-order valence-corrected chi connectivity index (χ0v) is 19.2. The number of methoxy groups -OCH3 is 1. The summed E-state index contributed by atoms with van der Waals surface area (Å²) in [7, 11) is 1.37. The number of halogens is 1. The molecule has 1 aliphatic heterocycles. The predicted molar refractivity (Wildman–Crippen MR) is 122 cm³/mol. The van der Waals surface area contributed by atoms with Gasteiger partial charge in [0.15, 0.2) is 17.4 Å². The molecule has 2 aromatic rings. The summed E-state index contributed by atoms with van der Waals surface area (Å²) < 4.78 is 24.2. The van der Waals surface area contributed by atoms with Crippen molar-refractivity contribution in [3.63, 3.8) is 0 Å². The molecule has 34 heavy (non-hydrogen) atoms. The quantitative estimate of drug-likeness (QED) is 0.175. The first-order valence-corrected chi connectivity index (χ1v) is 10.8. The van der Waals surface area contributed by atoms with E-state index in [1.165, 1.54) is 30.4 Å². The number of ether oxygens (including phenoxy) is 2. The Morgan fingerprint density at radius 2 is 2.12 bits per heavy atom. The van der Waals surface area contributed by atoms with Crippen LogP contribution in [-0.2, 0) is 11.3 Å². The number of nitrogens with two attached hydrogens (primary N) is 2. The van der Waals surface area contributed by atoms with Crippen molar-refractivity contribution in [1.82, 2.24) is 20.4 Å². The number of aryl methyl sites for hydroxylation is 1. The van der Waals surface area contributed by atoms with E-state index in [1.54, 1.807) is 13.0 Å². The summed E-state index contributed by atoms with van der Waals surface area (Å²) in [5.74, 6) is 5.62. The highest BCUT2D eigenvalue weighted by Crippen LogP contribution is 2.19. The van der Waals surface area contributed by atoms with Crippen LogP contribution >= 0.6 is 0 Å². The number of amidine groups is 1. The molecule has 0 aliphatic carbocycles. The summed E-state index contributed by atoms with van der Waals surface area (Å²) in [5, 5.41) is 17.3. The summed E-state index contributed by atoms with van der Waals surface area (Å²) in [6, 6.07) is 5.75. The molecule has 0 saturated carbocycles. The summed E-state index contributed by atoms with van der Waals surface area (Å²) in [6.07, 6.45) is 1.48. The second-order valence-electron chi connectivity index (χ2n) is 8.03. The molecule has 0 spiro atoms. The molecule has 1 saturated heterocycles. The molecule has 1 fully saturated rings. The van der Waals surface area contributed by atoms with E-state index in [4.69, 9.17) is 21.1 Å². The lowest BCUT2D eigenvalue weighted by Crippen LogP contribution is -2.40. The molecule has 12 heteroatoms. The van der Waals surface area contributed by atoms with E-state index in [0.717, 1.165) is 12.8 Å². The molecule has 1 amide bonds. The van der Waals surface area contributed by atoms with Gasteiger partial charge in [-0.15, -0.1) is 5.10 Å². The lowest BCUT2D eigenvalue weighted by atomic mass is 9.99. The molecule has 2 atom stereocenters. The van der Waals surface area contributed by atoms with Crippen molar-refractivity contribution in [1.29, 1.82) is 0 Å². The normalized spacial score (nSPS) is 18.4. The number of benzene rings is 1. The maximum Gasteiger partial charge on any atom is 0.270 e. The van der Waals surface area contributed by atoms with Gasteiger partial charge in [0.25, 0.3) is 5.91 Å². The maximum atomic E-state index is 13.6. The van der Waals surface area contributed by atoms with Crippen LogP contribution in [0.1, 0.15) is 40.4 Å². The molecular formula is C22H30FN7O4. The SMILES string of the molecule is COc1cc(CNC(=O)c2cc(/C(N)=N/N(N)C[C@@H]3CC[C@H](CO)CO3)nc(C)n2)ccc1F. The number of rotatable bonds is 9. The maximum absolute atomic E-state index is 13.6. The van der Waals surface area contributed by atoms with Crippen LogP contribution in [0.5, 0.6) is 5.75 Å². The number of aliphatic hydroxyl groups excluding tert-OH is 1. The Morgan fingerprint density at radius 1 is 1.35 bits per heavy atom. The van der Waals surface area contributed by atoms with Gasteiger partial charge >= 0.3 is 0 Å². The minimum absolute atomic E-state index is 0.0226. The summed E-state index contributed by atoms with van der Waals surface area (Å²) >= 11 is 0. The van der Waals surface area contributed by atoms with E-state index < -0.39 is 11.7 Å². The van der Waals surface area contributed by atoms with Gasteiger partial charge in [0.05, 0.1) is 26.4 Å². The lowest BCUT2D eigenvalue weighted by Gasteiger charge is -2.29. The topological polar surface area (TPSA) is 161 Å². The molecule has 184 valence electrons. The first-order valence-electron chi connectivity index (χ1n) is 10.8. The minimum atomic E-state index is -0.484. The third-order valence-electron chi connectivity index (χ3n) is 5.35. The molecule has 1 aromatic carbocycles. The number of amides is 1. The number of carbonyl (C=O) groups excluding carboxylic acids is 1. The fourth-order valence-electron chi connectivity index (χ4n) is 3.49. The van der Waals surface area contributed by atoms with Gasteiger partial charge in [0.1, 0.15) is 17.2 Å². The third kappa shape index (κ3) is 6.83. The smallest absolute Gasteiger partial charge is 0.270 e. The fraction of sp³-hybridized carbons (Fsp3) is 0.455. The average Bonchev–Trinajstić information content (AvgIpc) is 2.83. The number of hydrogen-bond donors (Lipinski definition) is 4. The predicted octanol–water partition coefficient (Wildman–Crippen LogP) is 0.446. The Morgan fingerprint density at radius 3 is 2.79 bits per heavy atom. The lowest BCUT2D eigenvalue weighted by molar-refractivity contribution is -0.0440. The largest absolute Gasteiger partial charge is 0.494 e. The number of hydrazine groups is 1. The molecule has 0 bridgehead atoms. The van der Waals surface area contributed by atoms with Crippen molar-refractivity contribution in [2.24, 2.45) is 22.6 Å². The highest BCUT2D eigenvalue weighted by Gasteiger charge is 2.22. The van der Waals surface area contributed by atoms with Gasteiger partial charge in [-0.25, -0.2) is 25.3 Å². The third-order valence-corrected chi connectivity index (χ3v) is 5.35.